The van der Waals surface area contributed by atoms with Gasteiger partial charge in [0.25, 0.3) is 0 Å². The first-order valence-electron chi connectivity index (χ1n) is 6.35. The minimum atomic E-state index is -0.303. The summed E-state index contributed by atoms with van der Waals surface area (Å²) in [7, 11) is 3.45. The van der Waals surface area contributed by atoms with Crippen molar-refractivity contribution in [2.75, 3.05) is 14.2 Å². The summed E-state index contributed by atoms with van der Waals surface area (Å²) in [5.74, 6) is -0.303. The SMILES string of the molecule is COC(=O)c1ccc(CN(C)Cc2csc(C)n2)cc1. The van der Waals surface area contributed by atoms with Crippen molar-refractivity contribution in [3.63, 3.8) is 0 Å². The van der Waals surface area contributed by atoms with Crippen LogP contribution in [0, 0.1) is 6.92 Å². The van der Waals surface area contributed by atoms with Gasteiger partial charge in [-0.05, 0) is 31.7 Å². The van der Waals surface area contributed by atoms with Crippen LogP contribution >= 0.6 is 11.3 Å². The second kappa shape index (κ2) is 6.63. The van der Waals surface area contributed by atoms with Gasteiger partial charge in [0.15, 0.2) is 0 Å². The second-order valence-corrected chi connectivity index (χ2v) is 5.78. The zero-order valence-electron chi connectivity index (χ0n) is 11.9. The Morgan fingerprint density at radius 2 is 2.00 bits per heavy atom. The molecule has 1 heterocycles. The molecule has 0 unspecified atom stereocenters. The normalized spacial score (nSPS) is 10.8. The number of aromatic nitrogens is 1. The van der Waals surface area contributed by atoms with Crippen LogP contribution < -0.4 is 0 Å². The van der Waals surface area contributed by atoms with E-state index in [0.29, 0.717) is 5.56 Å². The van der Waals surface area contributed by atoms with Crippen molar-refractivity contribution in [1.29, 1.82) is 0 Å². The molecule has 0 radical (unpaired) electrons. The standard InChI is InChI=1S/C15H18N2O2S/c1-11-16-14(10-20-11)9-17(2)8-12-4-6-13(7-5-12)15(18)19-3/h4-7,10H,8-9H2,1-3H3. The molecule has 5 heteroatoms. The minimum absolute atomic E-state index is 0.303. The lowest BCUT2D eigenvalue weighted by Crippen LogP contribution is -2.17. The van der Waals surface area contributed by atoms with Crippen LogP contribution in [0.15, 0.2) is 29.6 Å². The van der Waals surface area contributed by atoms with Gasteiger partial charge < -0.3 is 4.74 Å². The number of hydrogen-bond acceptors (Lipinski definition) is 5. The highest BCUT2D eigenvalue weighted by Crippen LogP contribution is 2.12. The molecule has 0 aliphatic carbocycles. The smallest absolute Gasteiger partial charge is 0.337 e. The van der Waals surface area contributed by atoms with Gasteiger partial charge in [0.2, 0.25) is 0 Å². The zero-order valence-corrected chi connectivity index (χ0v) is 12.7. The summed E-state index contributed by atoms with van der Waals surface area (Å²) in [6, 6.07) is 7.49. The number of methoxy groups -OCH3 is 1. The van der Waals surface area contributed by atoms with Gasteiger partial charge in [0.1, 0.15) is 0 Å². The van der Waals surface area contributed by atoms with Crippen LogP contribution in [0.25, 0.3) is 0 Å². The van der Waals surface area contributed by atoms with E-state index in [1.165, 1.54) is 7.11 Å². The number of thiazole rings is 1. The Labute approximate surface area is 123 Å². The van der Waals surface area contributed by atoms with Gasteiger partial charge in [-0.15, -0.1) is 11.3 Å². The lowest BCUT2D eigenvalue weighted by molar-refractivity contribution is 0.0600. The van der Waals surface area contributed by atoms with Crippen LogP contribution in [0.1, 0.15) is 26.6 Å². The molecule has 0 fully saturated rings. The molecule has 0 bridgehead atoms. The fraction of sp³-hybridized carbons (Fsp3) is 0.333. The largest absolute Gasteiger partial charge is 0.465 e. The zero-order chi connectivity index (χ0) is 14.5. The summed E-state index contributed by atoms with van der Waals surface area (Å²) in [4.78, 5) is 18.0. The molecule has 4 nitrogen and oxygen atoms in total. The molecule has 0 amide bonds. The number of nitrogens with zero attached hydrogens (tertiary/aromatic N) is 2. The molecule has 2 rings (SSSR count). The predicted molar refractivity (Wildman–Crippen MR) is 79.8 cm³/mol. The van der Waals surface area contributed by atoms with Crippen molar-refractivity contribution in [3.8, 4) is 0 Å². The van der Waals surface area contributed by atoms with E-state index >= 15 is 0 Å². The van der Waals surface area contributed by atoms with Crippen molar-refractivity contribution < 1.29 is 9.53 Å². The van der Waals surface area contributed by atoms with Crippen LogP contribution in [0.4, 0.5) is 0 Å². The van der Waals surface area contributed by atoms with Crippen LogP contribution in [0.2, 0.25) is 0 Å². The number of ether oxygens (including phenoxy) is 1. The molecule has 0 saturated carbocycles. The van der Waals surface area contributed by atoms with Gasteiger partial charge >= 0.3 is 5.97 Å². The molecule has 0 aliphatic heterocycles. The van der Waals surface area contributed by atoms with Crippen LogP contribution in [0.5, 0.6) is 0 Å². The van der Waals surface area contributed by atoms with Crippen LogP contribution in [-0.2, 0) is 17.8 Å². The monoisotopic (exact) mass is 290 g/mol. The number of benzene rings is 1. The third-order valence-electron chi connectivity index (χ3n) is 2.93. The van der Waals surface area contributed by atoms with Gasteiger partial charge in [0, 0.05) is 18.5 Å². The summed E-state index contributed by atoms with van der Waals surface area (Å²) in [5.41, 5.74) is 2.84. The quantitative estimate of drug-likeness (QED) is 0.794. The van der Waals surface area contributed by atoms with Gasteiger partial charge in [-0.2, -0.15) is 0 Å². The molecule has 20 heavy (non-hydrogen) atoms. The summed E-state index contributed by atoms with van der Waals surface area (Å²) >= 11 is 1.67. The third-order valence-corrected chi connectivity index (χ3v) is 3.75. The first kappa shape index (κ1) is 14.7. The highest BCUT2D eigenvalue weighted by molar-refractivity contribution is 7.09. The average Bonchev–Trinajstić information content (AvgIpc) is 2.84. The molecule has 2 aromatic rings. The van der Waals surface area contributed by atoms with Crippen molar-refractivity contribution in [3.05, 3.63) is 51.5 Å². The fourth-order valence-electron chi connectivity index (χ4n) is 1.99. The Morgan fingerprint density at radius 1 is 1.30 bits per heavy atom. The maximum Gasteiger partial charge on any atom is 0.337 e. The number of aryl methyl sites for hydroxylation is 1. The minimum Gasteiger partial charge on any atom is -0.465 e. The first-order chi connectivity index (χ1) is 9.58. The lowest BCUT2D eigenvalue weighted by atomic mass is 10.1. The van der Waals surface area contributed by atoms with Gasteiger partial charge in [-0.1, -0.05) is 12.1 Å². The average molecular weight is 290 g/mol. The molecule has 0 saturated heterocycles. The van der Waals surface area contributed by atoms with E-state index in [4.69, 9.17) is 0 Å². The van der Waals surface area contributed by atoms with E-state index in [9.17, 15) is 4.79 Å². The van der Waals surface area contributed by atoms with E-state index in [1.807, 2.05) is 19.1 Å². The molecule has 1 aromatic carbocycles. The molecule has 0 N–H and O–H groups in total. The number of carbonyl (C=O) groups is 1. The number of rotatable bonds is 5. The van der Waals surface area contributed by atoms with E-state index < -0.39 is 0 Å². The second-order valence-electron chi connectivity index (χ2n) is 4.72. The maximum absolute atomic E-state index is 11.4. The highest BCUT2D eigenvalue weighted by atomic mass is 32.1. The van der Waals surface area contributed by atoms with E-state index in [1.54, 1.807) is 23.5 Å². The Kier molecular flexibility index (Phi) is 4.87. The molecule has 0 atom stereocenters. The van der Waals surface area contributed by atoms with Crippen LogP contribution in [-0.4, -0.2) is 30.0 Å². The van der Waals surface area contributed by atoms with Crippen LogP contribution in [0.3, 0.4) is 0 Å². The number of hydrogen-bond donors (Lipinski definition) is 0. The lowest BCUT2D eigenvalue weighted by Gasteiger charge is -2.15. The fourth-order valence-corrected chi connectivity index (χ4v) is 2.59. The Balaban J connectivity index is 1.94. The summed E-state index contributed by atoms with van der Waals surface area (Å²) < 4.78 is 4.68. The molecule has 1 aromatic heterocycles. The molecule has 106 valence electrons. The topological polar surface area (TPSA) is 42.4 Å². The Morgan fingerprint density at radius 3 is 2.55 bits per heavy atom. The number of esters is 1. The number of carbonyl (C=O) groups excluding carboxylic acids is 1. The van der Waals surface area contributed by atoms with Gasteiger partial charge in [-0.25, -0.2) is 9.78 Å². The van der Waals surface area contributed by atoms with Crippen molar-refractivity contribution in [1.82, 2.24) is 9.88 Å². The molecular formula is C15H18N2O2S. The maximum atomic E-state index is 11.4. The molecular weight excluding hydrogens is 272 g/mol. The van der Waals surface area contributed by atoms with Gasteiger partial charge in [0.05, 0.1) is 23.4 Å². The first-order valence-corrected chi connectivity index (χ1v) is 7.23. The van der Waals surface area contributed by atoms with Crippen molar-refractivity contribution in [2.24, 2.45) is 0 Å². The molecule has 0 spiro atoms. The summed E-state index contributed by atoms with van der Waals surface area (Å²) in [5, 5.41) is 3.18. The van der Waals surface area contributed by atoms with E-state index in [0.717, 1.165) is 29.4 Å². The predicted octanol–water partition coefficient (Wildman–Crippen LogP) is 2.87. The summed E-state index contributed by atoms with van der Waals surface area (Å²) in [6.45, 7) is 3.65. The third kappa shape index (κ3) is 3.88. The van der Waals surface area contributed by atoms with E-state index in [-0.39, 0.29) is 5.97 Å². The Bertz CT molecular complexity index is 578. The summed E-state index contributed by atoms with van der Waals surface area (Å²) in [6.07, 6.45) is 0. The van der Waals surface area contributed by atoms with E-state index in [2.05, 4.69) is 27.0 Å². The van der Waals surface area contributed by atoms with Crippen molar-refractivity contribution >= 4 is 17.3 Å². The Hall–Kier alpha value is -1.72. The molecule has 0 aliphatic rings. The van der Waals surface area contributed by atoms with Gasteiger partial charge in [-0.3, -0.25) is 4.90 Å². The van der Waals surface area contributed by atoms with Crippen molar-refractivity contribution in [2.45, 2.75) is 20.0 Å². The highest BCUT2D eigenvalue weighted by Gasteiger charge is 2.07.